The number of fused-ring (bicyclic) bond motifs is 3. The number of ether oxygens (including phenoxy) is 2. The SMILES string of the molecule is COc1ccc(C(=O)CNC(=O)c2ccc3c(c2)OCc2cnccc2-3)cc1. The average Bonchev–Trinajstić information content (AvgIpc) is 2.76. The monoisotopic (exact) mass is 374 g/mol. The van der Waals surface area contributed by atoms with E-state index in [-0.39, 0.29) is 18.2 Å². The quantitative estimate of drug-likeness (QED) is 0.694. The fourth-order valence-corrected chi connectivity index (χ4v) is 3.11. The van der Waals surface area contributed by atoms with Crippen molar-refractivity contribution in [2.24, 2.45) is 0 Å². The van der Waals surface area contributed by atoms with Gasteiger partial charge in [-0.1, -0.05) is 0 Å². The van der Waals surface area contributed by atoms with Gasteiger partial charge in [0.2, 0.25) is 0 Å². The molecule has 0 atom stereocenters. The van der Waals surface area contributed by atoms with Crippen LogP contribution in [-0.4, -0.2) is 30.3 Å². The van der Waals surface area contributed by atoms with Crippen LogP contribution in [0.1, 0.15) is 26.3 Å². The first-order valence-electron chi connectivity index (χ1n) is 8.81. The molecule has 4 rings (SSSR count). The van der Waals surface area contributed by atoms with Gasteiger partial charge in [-0.15, -0.1) is 0 Å². The molecule has 140 valence electrons. The Balaban J connectivity index is 1.45. The summed E-state index contributed by atoms with van der Waals surface area (Å²) >= 11 is 0. The molecular weight excluding hydrogens is 356 g/mol. The summed E-state index contributed by atoms with van der Waals surface area (Å²) in [4.78, 5) is 28.8. The van der Waals surface area contributed by atoms with Crippen molar-refractivity contribution in [2.75, 3.05) is 13.7 Å². The van der Waals surface area contributed by atoms with Crippen LogP contribution in [0.25, 0.3) is 11.1 Å². The molecule has 6 heteroatoms. The molecule has 3 aromatic rings. The molecule has 0 bridgehead atoms. The van der Waals surface area contributed by atoms with E-state index in [2.05, 4.69) is 10.3 Å². The second-order valence-corrected chi connectivity index (χ2v) is 6.37. The Morgan fingerprint density at radius 2 is 1.86 bits per heavy atom. The summed E-state index contributed by atoms with van der Waals surface area (Å²) in [5.41, 5.74) is 3.95. The van der Waals surface area contributed by atoms with Gasteiger partial charge in [0.1, 0.15) is 18.1 Å². The number of benzene rings is 2. The highest BCUT2D eigenvalue weighted by Crippen LogP contribution is 2.37. The van der Waals surface area contributed by atoms with Crippen LogP contribution in [0.15, 0.2) is 60.9 Å². The molecule has 0 fully saturated rings. The summed E-state index contributed by atoms with van der Waals surface area (Å²) in [7, 11) is 1.56. The zero-order chi connectivity index (χ0) is 19.5. The number of Topliss-reactive ketones (excluding diaryl/α,β-unsaturated/α-hetero) is 1. The number of rotatable bonds is 5. The van der Waals surface area contributed by atoms with Crippen molar-refractivity contribution in [1.82, 2.24) is 10.3 Å². The predicted molar refractivity (Wildman–Crippen MR) is 104 cm³/mol. The van der Waals surface area contributed by atoms with E-state index in [1.54, 1.807) is 55.9 Å². The van der Waals surface area contributed by atoms with Crippen LogP contribution in [-0.2, 0) is 6.61 Å². The first-order valence-corrected chi connectivity index (χ1v) is 8.81. The van der Waals surface area contributed by atoms with Crippen molar-refractivity contribution in [3.8, 4) is 22.6 Å². The fraction of sp³-hybridized carbons (Fsp3) is 0.136. The van der Waals surface area contributed by atoms with Crippen LogP contribution in [0.5, 0.6) is 11.5 Å². The number of aromatic nitrogens is 1. The highest BCUT2D eigenvalue weighted by molar-refractivity contribution is 6.02. The molecule has 0 saturated carbocycles. The number of nitrogens with zero attached hydrogens (tertiary/aromatic N) is 1. The molecule has 2 aromatic carbocycles. The lowest BCUT2D eigenvalue weighted by molar-refractivity contribution is 0.0904. The number of hydrogen-bond acceptors (Lipinski definition) is 5. The number of hydrogen-bond donors (Lipinski definition) is 1. The van der Waals surface area contributed by atoms with Gasteiger partial charge < -0.3 is 14.8 Å². The largest absolute Gasteiger partial charge is 0.497 e. The van der Waals surface area contributed by atoms with Gasteiger partial charge in [-0.25, -0.2) is 0 Å². The second-order valence-electron chi connectivity index (χ2n) is 6.37. The first-order chi connectivity index (χ1) is 13.7. The van der Waals surface area contributed by atoms with E-state index in [9.17, 15) is 9.59 Å². The molecule has 1 aromatic heterocycles. The molecule has 0 radical (unpaired) electrons. The molecule has 1 aliphatic rings. The van der Waals surface area contributed by atoms with Crippen LogP contribution in [0.3, 0.4) is 0 Å². The van der Waals surface area contributed by atoms with Gasteiger partial charge in [-0.3, -0.25) is 14.6 Å². The Hall–Kier alpha value is -3.67. The molecule has 0 spiro atoms. The summed E-state index contributed by atoms with van der Waals surface area (Å²) in [5, 5.41) is 2.67. The smallest absolute Gasteiger partial charge is 0.251 e. The highest BCUT2D eigenvalue weighted by Gasteiger charge is 2.19. The Labute approximate surface area is 162 Å². The van der Waals surface area contributed by atoms with Crippen molar-refractivity contribution in [2.45, 2.75) is 6.61 Å². The number of carbonyl (C=O) groups excluding carboxylic acids is 2. The van der Waals surface area contributed by atoms with Gasteiger partial charge >= 0.3 is 0 Å². The molecule has 1 amide bonds. The maximum atomic E-state index is 12.5. The minimum absolute atomic E-state index is 0.0857. The Morgan fingerprint density at radius 1 is 1.07 bits per heavy atom. The van der Waals surface area contributed by atoms with Crippen molar-refractivity contribution >= 4 is 11.7 Å². The van der Waals surface area contributed by atoms with E-state index < -0.39 is 0 Å². The summed E-state index contributed by atoms with van der Waals surface area (Å²) in [6.45, 7) is 0.328. The Kier molecular flexibility index (Phi) is 4.76. The van der Waals surface area contributed by atoms with Crippen molar-refractivity contribution in [1.29, 1.82) is 0 Å². The zero-order valence-corrected chi connectivity index (χ0v) is 15.3. The van der Waals surface area contributed by atoms with Gasteiger partial charge in [0, 0.05) is 34.6 Å². The summed E-state index contributed by atoms with van der Waals surface area (Å²) in [5.74, 6) is 0.820. The van der Waals surface area contributed by atoms with Crippen LogP contribution in [0, 0.1) is 0 Å². The number of carbonyl (C=O) groups is 2. The Morgan fingerprint density at radius 3 is 2.64 bits per heavy atom. The number of pyridine rings is 1. The molecule has 1 aliphatic heterocycles. The Bertz CT molecular complexity index is 1040. The maximum absolute atomic E-state index is 12.5. The third kappa shape index (κ3) is 3.44. The topological polar surface area (TPSA) is 77.5 Å². The molecule has 6 nitrogen and oxygen atoms in total. The van der Waals surface area contributed by atoms with Crippen molar-refractivity contribution < 1.29 is 19.1 Å². The van der Waals surface area contributed by atoms with E-state index >= 15 is 0 Å². The van der Waals surface area contributed by atoms with Crippen LogP contribution < -0.4 is 14.8 Å². The lowest BCUT2D eigenvalue weighted by Gasteiger charge is -2.20. The minimum atomic E-state index is -0.325. The van der Waals surface area contributed by atoms with Crippen molar-refractivity contribution in [3.05, 3.63) is 77.6 Å². The average molecular weight is 374 g/mol. The number of ketones is 1. The normalized spacial score (nSPS) is 11.6. The molecule has 2 heterocycles. The van der Waals surface area contributed by atoms with E-state index in [1.165, 1.54) is 0 Å². The predicted octanol–water partition coefficient (Wildman–Crippen LogP) is 3.26. The van der Waals surface area contributed by atoms with E-state index in [1.807, 2.05) is 12.1 Å². The number of nitrogens with one attached hydrogen (secondary N) is 1. The molecule has 28 heavy (non-hydrogen) atoms. The minimum Gasteiger partial charge on any atom is -0.497 e. The lowest BCUT2D eigenvalue weighted by atomic mass is 9.97. The van der Waals surface area contributed by atoms with Crippen LogP contribution in [0.2, 0.25) is 0 Å². The third-order valence-corrected chi connectivity index (χ3v) is 4.64. The summed E-state index contributed by atoms with van der Waals surface area (Å²) in [6, 6.07) is 14.0. The fourth-order valence-electron chi connectivity index (χ4n) is 3.11. The van der Waals surface area contributed by atoms with Crippen molar-refractivity contribution in [3.63, 3.8) is 0 Å². The third-order valence-electron chi connectivity index (χ3n) is 4.64. The molecule has 0 unspecified atom stereocenters. The van der Waals surface area contributed by atoms with Gasteiger partial charge in [-0.2, -0.15) is 0 Å². The standard InChI is InChI=1S/C22H18N2O4/c1-27-17-5-2-14(3-6-17)20(25)12-24-22(26)15-4-7-19-18-8-9-23-11-16(18)13-28-21(19)10-15/h2-11H,12-13H2,1H3,(H,24,26). The summed E-state index contributed by atoms with van der Waals surface area (Å²) in [6.07, 6.45) is 3.52. The molecular formula is C22H18N2O4. The maximum Gasteiger partial charge on any atom is 0.251 e. The van der Waals surface area contributed by atoms with Gasteiger partial charge in [0.05, 0.1) is 13.7 Å². The lowest BCUT2D eigenvalue weighted by Crippen LogP contribution is -2.29. The van der Waals surface area contributed by atoms with E-state index in [0.29, 0.717) is 29.2 Å². The highest BCUT2D eigenvalue weighted by atomic mass is 16.5. The number of methoxy groups -OCH3 is 1. The molecule has 1 N–H and O–H groups in total. The van der Waals surface area contributed by atoms with Gasteiger partial charge in [0.15, 0.2) is 5.78 Å². The van der Waals surface area contributed by atoms with E-state index in [4.69, 9.17) is 9.47 Å². The molecule has 0 saturated heterocycles. The van der Waals surface area contributed by atoms with Crippen LogP contribution in [0.4, 0.5) is 0 Å². The number of amides is 1. The summed E-state index contributed by atoms with van der Waals surface area (Å²) < 4.78 is 10.8. The van der Waals surface area contributed by atoms with Gasteiger partial charge in [-0.05, 0) is 54.1 Å². The van der Waals surface area contributed by atoms with Crippen LogP contribution >= 0.6 is 0 Å². The van der Waals surface area contributed by atoms with E-state index in [0.717, 1.165) is 16.7 Å². The second kappa shape index (κ2) is 7.52. The first kappa shape index (κ1) is 17.7. The zero-order valence-electron chi connectivity index (χ0n) is 15.3. The van der Waals surface area contributed by atoms with Gasteiger partial charge in [0.25, 0.3) is 5.91 Å². The molecule has 0 aliphatic carbocycles.